The number of aromatic nitrogens is 2. The van der Waals surface area contributed by atoms with Crippen LogP contribution in [0.5, 0.6) is 0 Å². The number of carbonyl (C=O) groups is 2. The van der Waals surface area contributed by atoms with Crippen LogP contribution < -0.4 is 10.2 Å². The molecular weight excluding hydrogens is 364 g/mol. The number of rotatable bonds is 5. The standard InChI is InChI=1S/C20H19ClN4O2/c21-14-5-7-15(8-6-14)25-12-13(11-19(25)26)20(27)22-10-9-18-23-16-3-1-2-4-17(16)24-18/h1-8,13H,9-12H2,(H,22,27)(H,23,24). The summed E-state index contributed by atoms with van der Waals surface area (Å²) in [5, 5.41) is 3.54. The van der Waals surface area contributed by atoms with E-state index in [2.05, 4.69) is 15.3 Å². The molecule has 1 aliphatic heterocycles. The monoisotopic (exact) mass is 382 g/mol. The van der Waals surface area contributed by atoms with Gasteiger partial charge in [0.2, 0.25) is 11.8 Å². The first kappa shape index (κ1) is 17.5. The van der Waals surface area contributed by atoms with Gasteiger partial charge in [-0.25, -0.2) is 4.98 Å². The van der Waals surface area contributed by atoms with Gasteiger partial charge in [0.25, 0.3) is 0 Å². The third-order valence-corrected chi connectivity index (χ3v) is 4.99. The lowest BCUT2D eigenvalue weighted by Crippen LogP contribution is -2.34. The summed E-state index contributed by atoms with van der Waals surface area (Å²) in [5.41, 5.74) is 2.67. The second-order valence-corrected chi connectivity index (χ2v) is 7.06. The summed E-state index contributed by atoms with van der Waals surface area (Å²) < 4.78 is 0. The number of halogens is 1. The Hall–Kier alpha value is -2.86. The number of hydrogen-bond donors (Lipinski definition) is 2. The van der Waals surface area contributed by atoms with Crippen LogP contribution in [0.2, 0.25) is 5.02 Å². The molecule has 0 radical (unpaired) electrons. The maximum absolute atomic E-state index is 12.4. The van der Waals surface area contributed by atoms with E-state index >= 15 is 0 Å². The number of aromatic amines is 1. The van der Waals surface area contributed by atoms with Crippen LogP contribution in [-0.2, 0) is 16.0 Å². The Labute approximate surface area is 161 Å². The van der Waals surface area contributed by atoms with E-state index < -0.39 is 0 Å². The van der Waals surface area contributed by atoms with Crippen molar-refractivity contribution in [2.24, 2.45) is 5.92 Å². The van der Waals surface area contributed by atoms with Crippen molar-refractivity contribution in [1.82, 2.24) is 15.3 Å². The van der Waals surface area contributed by atoms with Gasteiger partial charge in [-0.1, -0.05) is 23.7 Å². The van der Waals surface area contributed by atoms with E-state index in [4.69, 9.17) is 11.6 Å². The summed E-state index contributed by atoms with van der Waals surface area (Å²) in [6.45, 7) is 0.862. The highest BCUT2D eigenvalue weighted by Crippen LogP contribution is 2.26. The summed E-state index contributed by atoms with van der Waals surface area (Å²) in [6.07, 6.45) is 0.834. The van der Waals surface area contributed by atoms with Crippen molar-refractivity contribution < 1.29 is 9.59 Å². The van der Waals surface area contributed by atoms with E-state index in [-0.39, 0.29) is 24.2 Å². The zero-order valence-corrected chi connectivity index (χ0v) is 15.4. The minimum Gasteiger partial charge on any atom is -0.355 e. The lowest BCUT2D eigenvalue weighted by Gasteiger charge is -2.16. The van der Waals surface area contributed by atoms with Crippen LogP contribution in [0, 0.1) is 5.92 Å². The molecule has 1 aliphatic rings. The zero-order valence-electron chi connectivity index (χ0n) is 14.6. The van der Waals surface area contributed by atoms with Crippen molar-refractivity contribution in [2.75, 3.05) is 18.0 Å². The minimum atomic E-state index is -0.344. The van der Waals surface area contributed by atoms with Crippen molar-refractivity contribution in [3.8, 4) is 0 Å². The molecule has 0 aliphatic carbocycles. The number of nitrogens with zero attached hydrogens (tertiary/aromatic N) is 2. The maximum Gasteiger partial charge on any atom is 0.227 e. The van der Waals surface area contributed by atoms with E-state index in [9.17, 15) is 9.59 Å². The Morgan fingerprint density at radius 3 is 2.78 bits per heavy atom. The molecule has 2 aromatic carbocycles. The highest BCUT2D eigenvalue weighted by Gasteiger charge is 2.34. The Balaban J connectivity index is 1.32. The molecule has 2 N–H and O–H groups in total. The molecule has 138 valence electrons. The largest absolute Gasteiger partial charge is 0.355 e. The molecule has 7 heteroatoms. The molecule has 0 spiro atoms. The van der Waals surface area contributed by atoms with Crippen LogP contribution >= 0.6 is 11.6 Å². The lowest BCUT2D eigenvalue weighted by molar-refractivity contribution is -0.126. The van der Waals surface area contributed by atoms with Gasteiger partial charge >= 0.3 is 0 Å². The van der Waals surface area contributed by atoms with E-state index in [0.717, 1.165) is 22.5 Å². The van der Waals surface area contributed by atoms with Crippen molar-refractivity contribution in [2.45, 2.75) is 12.8 Å². The van der Waals surface area contributed by atoms with Crippen LogP contribution in [0.4, 0.5) is 5.69 Å². The average Bonchev–Trinajstić information content (AvgIpc) is 3.25. The minimum absolute atomic E-state index is 0.0465. The molecule has 1 atom stereocenters. The molecule has 27 heavy (non-hydrogen) atoms. The molecule has 1 unspecified atom stereocenters. The predicted octanol–water partition coefficient (Wildman–Crippen LogP) is 2.93. The summed E-state index contributed by atoms with van der Waals surface area (Å²) in [4.78, 5) is 34.1. The van der Waals surface area contributed by atoms with Crippen molar-refractivity contribution in [3.63, 3.8) is 0 Å². The molecular formula is C20H19ClN4O2. The SMILES string of the molecule is O=C(NCCc1nc2ccccc2[nH]1)C1CC(=O)N(c2ccc(Cl)cc2)C1. The number of fused-ring (bicyclic) bond motifs is 1. The molecule has 6 nitrogen and oxygen atoms in total. The van der Waals surface area contributed by atoms with Crippen molar-refractivity contribution >= 4 is 40.1 Å². The Morgan fingerprint density at radius 2 is 2.00 bits per heavy atom. The third kappa shape index (κ3) is 3.80. The second-order valence-electron chi connectivity index (χ2n) is 6.62. The van der Waals surface area contributed by atoms with E-state index in [1.165, 1.54) is 0 Å². The van der Waals surface area contributed by atoms with Gasteiger partial charge in [0.05, 0.1) is 17.0 Å². The molecule has 2 heterocycles. The lowest BCUT2D eigenvalue weighted by atomic mass is 10.1. The van der Waals surface area contributed by atoms with E-state index in [0.29, 0.717) is 24.5 Å². The number of anilines is 1. The molecule has 2 amide bonds. The average molecular weight is 383 g/mol. The second kappa shape index (κ2) is 7.40. The van der Waals surface area contributed by atoms with Gasteiger partial charge in [-0.15, -0.1) is 0 Å². The molecule has 0 saturated carbocycles. The molecule has 3 aromatic rings. The maximum atomic E-state index is 12.4. The molecule has 0 bridgehead atoms. The number of benzene rings is 2. The number of nitrogens with one attached hydrogen (secondary N) is 2. The van der Waals surface area contributed by atoms with Crippen molar-refractivity contribution in [1.29, 1.82) is 0 Å². The van der Waals surface area contributed by atoms with Gasteiger partial charge in [-0.05, 0) is 36.4 Å². The van der Waals surface area contributed by atoms with E-state index in [1.54, 1.807) is 29.2 Å². The first-order chi connectivity index (χ1) is 13.1. The number of imidazole rings is 1. The van der Waals surface area contributed by atoms with E-state index in [1.807, 2.05) is 24.3 Å². The molecule has 1 fully saturated rings. The Kier molecular flexibility index (Phi) is 4.81. The first-order valence-corrected chi connectivity index (χ1v) is 9.25. The third-order valence-electron chi connectivity index (χ3n) is 4.73. The summed E-state index contributed by atoms with van der Waals surface area (Å²) in [5.74, 6) is 0.344. The predicted molar refractivity (Wildman–Crippen MR) is 105 cm³/mol. The molecule has 1 aromatic heterocycles. The van der Waals surface area contributed by atoms with Gasteiger partial charge < -0.3 is 15.2 Å². The normalized spacial score (nSPS) is 16.9. The smallest absolute Gasteiger partial charge is 0.227 e. The van der Waals surface area contributed by atoms with Crippen LogP contribution in [0.1, 0.15) is 12.2 Å². The number of amides is 2. The van der Waals surface area contributed by atoms with Crippen LogP contribution in [-0.4, -0.2) is 34.9 Å². The summed E-state index contributed by atoms with van der Waals surface area (Å²) in [7, 11) is 0. The van der Waals surface area contributed by atoms with Crippen molar-refractivity contribution in [3.05, 3.63) is 59.4 Å². The highest BCUT2D eigenvalue weighted by atomic mass is 35.5. The Morgan fingerprint density at radius 1 is 1.22 bits per heavy atom. The van der Waals surface area contributed by atoms with Gasteiger partial charge in [0, 0.05) is 36.6 Å². The number of carbonyl (C=O) groups excluding carboxylic acids is 2. The Bertz CT molecular complexity index is 950. The topological polar surface area (TPSA) is 78.1 Å². The highest BCUT2D eigenvalue weighted by molar-refractivity contribution is 6.30. The number of H-pyrrole nitrogens is 1. The van der Waals surface area contributed by atoms with Crippen LogP contribution in [0.25, 0.3) is 11.0 Å². The van der Waals surface area contributed by atoms with Gasteiger partial charge in [-0.3, -0.25) is 9.59 Å². The zero-order chi connectivity index (χ0) is 18.8. The van der Waals surface area contributed by atoms with Crippen LogP contribution in [0.15, 0.2) is 48.5 Å². The quantitative estimate of drug-likeness (QED) is 0.712. The van der Waals surface area contributed by atoms with Crippen LogP contribution in [0.3, 0.4) is 0 Å². The molecule has 1 saturated heterocycles. The number of para-hydroxylation sites is 2. The van der Waals surface area contributed by atoms with Gasteiger partial charge in [0.15, 0.2) is 0 Å². The molecule has 4 rings (SSSR count). The summed E-state index contributed by atoms with van der Waals surface area (Å²) >= 11 is 5.89. The fourth-order valence-electron chi connectivity index (χ4n) is 3.33. The first-order valence-electron chi connectivity index (χ1n) is 8.87. The van der Waals surface area contributed by atoms with Gasteiger partial charge in [-0.2, -0.15) is 0 Å². The summed E-state index contributed by atoms with van der Waals surface area (Å²) in [6, 6.07) is 14.9. The fraction of sp³-hybridized carbons (Fsp3) is 0.250. The fourth-order valence-corrected chi connectivity index (χ4v) is 3.45. The van der Waals surface area contributed by atoms with Gasteiger partial charge in [0.1, 0.15) is 5.82 Å². The number of hydrogen-bond acceptors (Lipinski definition) is 3.